The zero-order valence-corrected chi connectivity index (χ0v) is 11.5. The van der Waals surface area contributed by atoms with E-state index in [4.69, 9.17) is 15.1 Å². The first-order chi connectivity index (χ1) is 9.63. The second kappa shape index (κ2) is 6.13. The van der Waals surface area contributed by atoms with Crippen molar-refractivity contribution in [3.63, 3.8) is 0 Å². The van der Waals surface area contributed by atoms with Crippen LogP contribution in [0.1, 0.15) is 15.9 Å². The number of hydrogen-bond donors (Lipinski definition) is 1. The minimum absolute atomic E-state index is 0.112. The SMILES string of the molecule is COc1ccc(Sc2ccc(C(=O)O)cc2C#N)cc1. The Morgan fingerprint density at radius 1 is 1.25 bits per heavy atom. The van der Waals surface area contributed by atoms with E-state index in [0.717, 1.165) is 15.5 Å². The monoisotopic (exact) mass is 285 g/mol. The van der Waals surface area contributed by atoms with E-state index in [9.17, 15) is 4.79 Å². The normalized spacial score (nSPS) is 9.80. The number of aromatic carboxylic acids is 1. The summed E-state index contributed by atoms with van der Waals surface area (Å²) in [5.74, 6) is -0.279. The van der Waals surface area contributed by atoms with Gasteiger partial charge in [0.15, 0.2) is 0 Å². The number of benzene rings is 2. The van der Waals surface area contributed by atoms with Gasteiger partial charge in [0.25, 0.3) is 0 Å². The van der Waals surface area contributed by atoms with Crippen LogP contribution in [0.5, 0.6) is 5.75 Å². The van der Waals surface area contributed by atoms with Gasteiger partial charge < -0.3 is 9.84 Å². The number of ether oxygens (including phenoxy) is 1. The molecule has 0 bridgehead atoms. The highest BCUT2D eigenvalue weighted by Crippen LogP contribution is 2.31. The fourth-order valence-electron chi connectivity index (χ4n) is 1.61. The molecular formula is C15H11NO3S. The summed E-state index contributed by atoms with van der Waals surface area (Å²) in [6, 6.07) is 14.0. The van der Waals surface area contributed by atoms with Crippen LogP contribution in [0, 0.1) is 11.3 Å². The summed E-state index contributed by atoms with van der Waals surface area (Å²) in [5, 5.41) is 18.0. The standard InChI is InChI=1S/C15H11NO3S/c1-19-12-3-5-13(6-4-12)20-14-7-2-10(15(17)18)8-11(14)9-16/h2-8H,1H3,(H,17,18). The molecule has 1 N–H and O–H groups in total. The van der Waals surface area contributed by atoms with Gasteiger partial charge in [-0.2, -0.15) is 5.26 Å². The number of hydrogen-bond acceptors (Lipinski definition) is 4. The number of nitriles is 1. The van der Waals surface area contributed by atoms with E-state index in [1.165, 1.54) is 23.9 Å². The molecule has 0 saturated carbocycles. The molecule has 0 fully saturated rings. The molecule has 2 rings (SSSR count). The molecule has 0 aromatic heterocycles. The average molecular weight is 285 g/mol. The van der Waals surface area contributed by atoms with Crippen LogP contribution in [0.3, 0.4) is 0 Å². The number of methoxy groups -OCH3 is 1. The summed E-state index contributed by atoms with van der Waals surface area (Å²) in [7, 11) is 1.60. The fraction of sp³-hybridized carbons (Fsp3) is 0.0667. The lowest BCUT2D eigenvalue weighted by Crippen LogP contribution is -1.97. The lowest BCUT2D eigenvalue weighted by Gasteiger charge is -2.06. The minimum atomic E-state index is -1.04. The van der Waals surface area contributed by atoms with Crippen molar-refractivity contribution in [2.75, 3.05) is 7.11 Å². The largest absolute Gasteiger partial charge is 0.497 e. The Morgan fingerprint density at radius 3 is 2.50 bits per heavy atom. The van der Waals surface area contributed by atoms with Crippen LogP contribution in [-0.4, -0.2) is 18.2 Å². The predicted molar refractivity (Wildman–Crippen MR) is 75.2 cm³/mol. The second-order valence-corrected chi connectivity index (χ2v) is 5.02. The van der Waals surface area contributed by atoms with Crippen molar-refractivity contribution in [3.05, 3.63) is 53.6 Å². The molecule has 0 aliphatic carbocycles. The van der Waals surface area contributed by atoms with Crippen molar-refractivity contribution in [2.24, 2.45) is 0 Å². The predicted octanol–water partition coefficient (Wildman–Crippen LogP) is 3.42. The van der Waals surface area contributed by atoms with Crippen LogP contribution < -0.4 is 4.74 Å². The fourth-order valence-corrected chi connectivity index (χ4v) is 2.49. The Bertz CT molecular complexity index is 675. The molecule has 0 amide bonds. The van der Waals surface area contributed by atoms with Crippen molar-refractivity contribution in [1.82, 2.24) is 0 Å². The van der Waals surface area contributed by atoms with Crippen LogP contribution in [0.25, 0.3) is 0 Å². The maximum atomic E-state index is 10.9. The average Bonchev–Trinajstić information content (AvgIpc) is 2.48. The molecule has 0 aliphatic heterocycles. The summed E-state index contributed by atoms with van der Waals surface area (Å²) < 4.78 is 5.08. The molecule has 0 radical (unpaired) electrons. The molecule has 20 heavy (non-hydrogen) atoms. The second-order valence-electron chi connectivity index (χ2n) is 3.91. The molecule has 5 heteroatoms. The molecule has 0 unspecified atom stereocenters. The third kappa shape index (κ3) is 3.11. The number of carbonyl (C=O) groups is 1. The number of rotatable bonds is 4. The van der Waals surface area contributed by atoms with Crippen LogP contribution >= 0.6 is 11.8 Å². The van der Waals surface area contributed by atoms with Crippen molar-refractivity contribution in [1.29, 1.82) is 5.26 Å². The Morgan fingerprint density at radius 2 is 1.95 bits per heavy atom. The van der Waals surface area contributed by atoms with E-state index >= 15 is 0 Å². The van der Waals surface area contributed by atoms with Crippen molar-refractivity contribution in [2.45, 2.75) is 9.79 Å². The number of carboxylic acid groups (broad SMARTS) is 1. The highest BCUT2D eigenvalue weighted by Gasteiger charge is 2.09. The molecule has 0 aliphatic rings. The minimum Gasteiger partial charge on any atom is -0.497 e. The molecule has 2 aromatic carbocycles. The molecule has 0 atom stereocenters. The third-order valence-electron chi connectivity index (χ3n) is 2.63. The van der Waals surface area contributed by atoms with Gasteiger partial charge in [-0.05, 0) is 42.5 Å². The van der Waals surface area contributed by atoms with E-state index in [-0.39, 0.29) is 5.56 Å². The van der Waals surface area contributed by atoms with Gasteiger partial charge in [-0.1, -0.05) is 11.8 Å². The first kappa shape index (κ1) is 14.0. The molecular weight excluding hydrogens is 274 g/mol. The van der Waals surface area contributed by atoms with Crippen LogP contribution in [0.2, 0.25) is 0 Å². The van der Waals surface area contributed by atoms with Crippen molar-refractivity contribution >= 4 is 17.7 Å². The smallest absolute Gasteiger partial charge is 0.335 e. The highest BCUT2D eigenvalue weighted by atomic mass is 32.2. The van der Waals surface area contributed by atoms with Gasteiger partial charge in [0, 0.05) is 9.79 Å². The summed E-state index contributed by atoms with van der Waals surface area (Å²) in [4.78, 5) is 12.6. The summed E-state index contributed by atoms with van der Waals surface area (Å²) in [6.45, 7) is 0. The van der Waals surface area contributed by atoms with E-state index in [0.29, 0.717) is 5.56 Å². The van der Waals surface area contributed by atoms with E-state index in [1.54, 1.807) is 13.2 Å². The molecule has 0 heterocycles. The Hall–Kier alpha value is -2.45. The van der Waals surface area contributed by atoms with Crippen LogP contribution in [0.4, 0.5) is 0 Å². The number of carboxylic acids is 1. The van der Waals surface area contributed by atoms with Gasteiger partial charge in [0.2, 0.25) is 0 Å². The number of nitrogens with zero attached hydrogens (tertiary/aromatic N) is 1. The van der Waals surface area contributed by atoms with Crippen molar-refractivity contribution in [3.8, 4) is 11.8 Å². The maximum Gasteiger partial charge on any atom is 0.335 e. The maximum absolute atomic E-state index is 10.9. The Labute approximate surface area is 120 Å². The quantitative estimate of drug-likeness (QED) is 0.932. The highest BCUT2D eigenvalue weighted by molar-refractivity contribution is 7.99. The van der Waals surface area contributed by atoms with Gasteiger partial charge in [-0.15, -0.1) is 0 Å². The van der Waals surface area contributed by atoms with Crippen molar-refractivity contribution < 1.29 is 14.6 Å². The molecule has 100 valence electrons. The summed E-state index contributed by atoms with van der Waals surface area (Å²) in [6.07, 6.45) is 0. The third-order valence-corrected chi connectivity index (χ3v) is 3.72. The van der Waals surface area contributed by atoms with E-state index in [1.807, 2.05) is 30.3 Å². The lowest BCUT2D eigenvalue weighted by molar-refractivity contribution is 0.0697. The van der Waals surface area contributed by atoms with E-state index < -0.39 is 5.97 Å². The zero-order chi connectivity index (χ0) is 14.5. The van der Waals surface area contributed by atoms with Gasteiger partial charge in [-0.25, -0.2) is 4.79 Å². The first-order valence-electron chi connectivity index (χ1n) is 5.73. The lowest BCUT2D eigenvalue weighted by atomic mass is 10.1. The van der Waals surface area contributed by atoms with Gasteiger partial charge in [0.1, 0.15) is 11.8 Å². The summed E-state index contributed by atoms with van der Waals surface area (Å²) >= 11 is 1.41. The Balaban J connectivity index is 2.28. The Kier molecular flexibility index (Phi) is 4.28. The van der Waals surface area contributed by atoms with E-state index in [2.05, 4.69) is 0 Å². The van der Waals surface area contributed by atoms with Crippen LogP contribution in [0.15, 0.2) is 52.3 Å². The first-order valence-corrected chi connectivity index (χ1v) is 6.55. The zero-order valence-electron chi connectivity index (χ0n) is 10.7. The molecule has 0 spiro atoms. The molecule has 0 saturated heterocycles. The molecule has 4 nitrogen and oxygen atoms in total. The topological polar surface area (TPSA) is 70.3 Å². The van der Waals surface area contributed by atoms with Crippen LogP contribution in [-0.2, 0) is 0 Å². The summed E-state index contributed by atoms with van der Waals surface area (Å²) in [5.41, 5.74) is 0.464. The molecule has 2 aromatic rings. The van der Waals surface area contributed by atoms with Gasteiger partial charge in [-0.3, -0.25) is 0 Å². The van der Waals surface area contributed by atoms with Gasteiger partial charge >= 0.3 is 5.97 Å². The van der Waals surface area contributed by atoms with Gasteiger partial charge in [0.05, 0.1) is 18.2 Å².